The number of para-hydroxylation sites is 1. The van der Waals surface area contributed by atoms with Gasteiger partial charge in [0.15, 0.2) is 0 Å². The first-order chi connectivity index (χ1) is 11.7. The predicted octanol–water partition coefficient (Wildman–Crippen LogP) is 3.14. The van der Waals surface area contributed by atoms with Gasteiger partial charge in [0.2, 0.25) is 0 Å². The molecule has 0 saturated heterocycles. The van der Waals surface area contributed by atoms with Gasteiger partial charge in [-0.2, -0.15) is 5.10 Å². The summed E-state index contributed by atoms with van der Waals surface area (Å²) in [6.07, 6.45) is 3.34. The third-order valence-electron chi connectivity index (χ3n) is 3.51. The summed E-state index contributed by atoms with van der Waals surface area (Å²) in [6.45, 7) is 0. The van der Waals surface area contributed by atoms with Crippen LogP contribution in [-0.4, -0.2) is 29.9 Å². The van der Waals surface area contributed by atoms with E-state index in [1.807, 2.05) is 30.3 Å². The molecular formula is C18H17N3O3. The van der Waals surface area contributed by atoms with E-state index in [1.54, 1.807) is 42.4 Å². The second-order valence-corrected chi connectivity index (χ2v) is 5.03. The highest BCUT2D eigenvalue weighted by Gasteiger charge is 2.14. The van der Waals surface area contributed by atoms with Crippen LogP contribution in [0.4, 0.5) is 5.69 Å². The first-order valence-corrected chi connectivity index (χ1v) is 7.34. The van der Waals surface area contributed by atoms with Crippen LogP contribution in [0.1, 0.15) is 10.4 Å². The third kappa shape index (κ3) is 3.22. The van der Waals surface area contributed by atoms with E-state index >= 15 is 0 Å². The topological polar surface area (TPSA) is 65.4 Å². The zero-order chi connectivity index (χ0) is 16.9. The summed E-state index contributed by atoms with van der Waals surface area (Å²) in [5.41, 5.74) is 1.90. The minimum Gasteiger partial charge on any atom is -0.497 e. The molecule has 0 aliphatic rings. The number of rotatable bonds is 5. The molecule has 6 heteroatoms. The van der Waals surface area contributed by atoms with E-state index in [1.165, 1.54) is 7.11 Å². The van der Waals surface area contributed by atoms with Crippen LogP contribution in [0.25, 0.3) is 5.69 Å². The smallest absolute Gasteiger partial charge is 0.259 e. The molecule has 1 N–H and O–H groups in total. The lowest BCUT2D eigenvalue weighted by Gasteiger charge is -2.10. The normalized spacial score (nSPS) is 10.2. The Kier molecular flexibility index (Phi) is 4.47. The van der Waals surface area contributed by atoms with E-state index in [2.05, 4.69) is 10.4 Å². The van der Waals surface area contributed by atoms with Crippen LogP contribution >= 0.6 is 0 Å². The Hall–Kier alpha value is -3.28. The van der Waals surface area contributed by atoms with E-state index in [4.69, 9.17) is 9.47 Å². The van der Waals surface area contributed by atoms with Gasteiger partial charge in [0, 0.05) is 0 Å². The molecule has 2 aromatic carbocycles. The Morgan fingerprint density at radius 3 is 2.58 bits per heavy atom. The first kappa shape index (κ1) is 15.6. The number of nitrogens with one attached hydrogen (secondary N) is 1. The quantitative estimate of drug-likeness (QED) is 0.783. The summed E-state index contributed by atoms with van der Waals surface area (Å²) >= 11 is 0. The first-order valence-electron chi connectivity index (χ1n) is 7.34. The number of aromatic nitrogens is 2. The van der Waals surface area contributed by atoms with Crippen LogP contribution in [0, 0.1) is 0 Å². The molecule has 0 fully saturated rings. The number of benzene rings is 2. The van der Waals surface area contributed by atoms with Crippen LogP contribution in [0.5, 0.6) is 11.5 Å². The summed E-state index contributed by atoms with van der Waals surface area (Å²) in [4.78, 5) is 12.5. The van der Waals surface area contributed by atoms with Gasteiger partial charge in [-0.1, -0.05) is 18.2 Å². The second kappa shape index (κ2) is 6.87. The van der Waals surface area contributed by atoms with Crippen molar-refractivity contribution in [1.82, 2.24) is 9.78 Å². The molecule has 122 valence electrons. The molecule has 3 rings (SSSR count). The zero-order valence-electron chi connectivity index (χ0n) is 13.4. The van der Waals surface area contributed by atoms with Gasteiger partial charge >= 0.3 is 0 Å². The van der Waals surface area contributed by atoms with Crippen LogP contribution in [0.2, 0.25) is 0 Å². The predicted molar refractivity (Wildman–Crippen MR) is 91.1 cm³/mol. The van der Waals surface area contributed by atoms with Crippen molar-refractivity contribution >= 4 is 11.6 Å². The highest BCUT2D eigenvalue weighted by Crippen LogP contribution is 2.25. The fourth-order valence-corrected chi connectivity index (χ4v) is 2.30. The highest BCUT2D eigenvalue weighted by molar-refractivity contribution is 6.06. The zero-order valence-corrected chi connectivity index (χ0v) is 13.4. The van der Waals surface area contributed by atoms with E-state index in [0.717, 1.165) is 5.69 Å². The number of nitrogens with zero attached hydrogens (tertiary/aromatic N) is 2. The molecule has 0 aliphatic carbocycles. The maximum atomic E-state index is 12.5. The lowest BCUT2D eigenvalue weighted by molar-refractivity contribution is 0.102. The summed E-state index contributed by atoms with van der Waals surface area (Å²) in [7, 11) is 3.07. The SMILES string of the molecule is COc1ccc(OC)c(C(=O)Nc2cnn(-c3ccccc3)c2)c1. The van der Waals surface area contributed by atoms with Crippen molar-refractivity contribution in [2.24, 2.45) is 0 Å². The van der Waals surface area contributed by atoms with Crippen molar-refractivity contribution in [1.29, 1.82) is 0 Å². The molecule has 1 amide bonds. The van der Waals surface area contributed by atoms with Gasteiger partial charge in [0.25, 0.3) is 5.91 Å². The molecule has 0 spiro atoms. The third-order valence-corrected chi connectivity index (χ3v) is 3.51. The minimum absolute atomic E-state index is 0.293. The van der Waals surface area contributed by atoms with Gasteiger partial charge in [-0.15, -0.1) is 0 Å². The van der Waals surface area contributed by atoms with Gasteiger partial charge in [-0.3, -0.25) is 4.79 Å². The Labute approximate surface area is 139 Å². The van der Waals surface area contributed by atoms with Gasteiger partial charge in [-0.05, 0) is 30.3 Å². The number of hydrogen-bond donors (Lipinski definition) is 1. The lowest BCUT2D eigenvalue weighted by Crippen LogP contribution is -2.13. The van der Waals surface area contributed by atoms with Crippen molar-refractivity contribution in [2.75, 3.05) is 19.5 Å². The average Bonchev–Trinajstić information content (AvgIpc) is 3.10. The standard InChI is InChI=1S/C18H17N3O3/c1-23-15-8-9-17(24-2)16(10-15)18(22)20-13-11-19-21(12-13)14-6-4-3-5-7-14/h3-12H,1-2H3,(H,20,22). The van der Waals surface area contributed by atoms with Crippen molar-refractivity contribution < 1.29 is 14.3 Å². The summed E-state index contributed by atoms with van der Waals surface area (Å²) in [6, 6.07) is 14.7. The van der Waals surface area contributed by atoms with Gasteiger partial charge in [0.05, 0.1) is 43.6 Å². The Morgan fingerprint density at radius 2 is 1.88 bits per heavy atom. The molecule has 6 nitrogen and oxygen atoms in total. The molecule has 0 bridgehead atoms. The number of amides is 1. The number of ether oxygens (including phenoxy) is 2. The molecule has 0 radical (unpaired) electrons. The molecule has 0 atom stereocenters. The molecule has 0 aliphatic heterocycles. The Bertz CT molecular complexity index is 844. The van der Waals surface area contributed by atoms with Crippen LogP contribution in [-0.2, 0) is 0 Å². The summed E-state index contributed by atoms with van der Waals surface area (Å²) in [5.74, 6) is 0.767. The molecule has 1 aromatic heterocycles. The van der Waals surface area contributed by atoms with Crippen molar-refractivity contribution in [3.63, 3.8) is 0 Å². The van der Waals surface area contributed by atoms with E-state index < -0.39 is 0 Å². The number of hydrogen-bond acceptors (Lipinski definition) is 4. The molecule has 0 saturated carbocycles. The van der Waals surface area contributed by atoms with Gasteiger partial charge in [0.1, 0.15) is 11.5 Å². The van der Waals surface area contributed by atoms with E-state index in [9.17, 15) is 4.79 Å². The van der Waals surface area contributed by atoms with Crippen molar-refractivity contribution in [3.05, 3.63) is 66.5 Å². The fraction of sp³-hybridized carbons (Fsp3) is 0.111. The number of anilines is 1. The van der Waals surface area contributed by atoms with Gasteiger partial charge in [-0.25, -0.2) is 4.68 Å². The van der Waals surface area contributed by atoms with Crippen molar-refractivity contribution in [2.45, 2.75) is 0 Å². The maximum absolute atomic E-state index is 12.5. The lowest BCUT2D eigenvalue weighted by atomic mass is 10.1. The number of methoxy groups -OCH3 is 2. The monoisotopic (exact) mass is 323 g/mol. The van der Waals surface area contributed by atoms with E-state index in [-0.39, 0.29) is 5.91 Å². The molecule has 24 heavy (non-hydrogen) atoms. The minimum atomic E-state index is -0.293. The highest BCUT2D eigenvalue weighted by atomic mass is 16.5. The maximum Gasteiger partial charge on any atom is 0.259 e. The molecule has 3 aromatic rings. The van der Waals surface area contributed by atoms with Crippen molar-refractivity contribution in [3.8, 4) is 17.2 Å². The number of carbonyl (C=O) groups excluding carboxylic acids is 1. The molecule has 0 unspecified atom stereocenters. The van der Waals surface area contributed by atoms with E-state index in [0.29, 0.717) is 22.7 Å². The average molecular weight is 323 g/mol. The van der Waals surface area contributed by atoms with Gasteiger partial charge < -0.3 is 14.8 Å². The Morgan fingerprint density at radius 1 is 1.08 bits per heavy atom. The molecule has 1 heterocycles. The Balaban J connectivity index is 1.82. The fourth-order valence-electron chi connectivity index (χ4n) is 2.30. The summed E-state index contributed by atoms with van der Waals surface area (Å²) < 4.78 is 12.1. The van der Waals surface area contributed by atoms with Crippen LogP contribution < -0.4 is 14.8 Å². The van der Waals surface area contributed by atoms with Crippen LogP contribution in [0.3, 0.4) is 0 Å². The number of carbonyl (C=O) groups is 1. The summed E-state index contributed by atoms with van der Waals surface area (Å²) in [5, 5.41) is 7.07. The largest absolute Gasteiger partial charge is 0.497 e. The molecular weight excluding hydrogens is 306 g/mol. The second-order valence-electron chi connectivity index (χ2n) is 5.03. The van der Waals surface area contributed by atoms with Crippen LogP contribution in [0.15, 0.2) is 60.9 Å².